The van der Waals surface area contributed by atoms with Crippen LogP contribution < -0.4 is 16.0 Å². The molecule has 0 radical (unpaired) electrons. The normalized spacial score (nSPS) is 16.2. The first-order valence-corrected chi connectivity index (χ1v) is 10.6. The van der Waals surface area contributed by atoms with Crippen LogP contribution in [0.25, 0.3) is 16.6 Å². The molecule has 8 nitrogen and oxygen atoms in total. The summed E-state index contributed by atoms with van der Waals surface area (Å²) >= 11 is 0. The molecular formula is C24H24N4O4. The molecule has 0 saturated carbocycles. The molecule has 0 spiro atoms. The molecule has 0 bridgehead atoms. The van der Waals surface area contributed by atoms with E-state index in [1.54, 1.807) is 24.3 Å². The van der Waals surface area contributed by atoms with E-state index in [4.69, 9.17) is 4.74 Å². The average molecular weight is 432 g/mol. The number of aromatic nitrogens is 3. The number of ether oxygens (including phenoxy) is 1. The van der Waals surface area contributed by atoms with Gasteiger partial charge in [-0.15, -0.1) is 0 Å². The summed E-state index contributed by atoms with van der Waals surface area (Å²) in [6.45, 7) is 3.42. The van der Waals surface area contributed by atoms with E-state index in [1.807, 2.05) is 25.1 Å². The van der Waals surface area contributed by atoms with Gasteiger partial charge in [-0.3, -0.25) is 14.7 Å². The Morgan fingerprint density at radius 3 is 2.72 bits per heavy atom. The van der Waals surface area contributed by atoms with E-state index in [9.17, 15) is 14.7 Å². The summed E-state index contributed by atoms with van der Waals surface area (Å²) in [6.07, 6.45) is 0.831. The lowest BCUT2D eigenvalue weighted by molar-refractivity contribution is 0.215. The first-order valence-electron chi connectivity index (χ1n) is 10.6. The molecule has 0 amide bonds. The van der Waals surface area contributed by atoms with Gasteiger partial charge in [-0.05, 0) is 36.7 Å². The summed E-state index contributed by atoms with van der Waals surface area (Å²) in [6, 6.07) is 14.3. The van der Waals surface area contributed by atoms with E-state index in [0.717, 1.165) is 39.7 Å². The summed E-state index contributed by atoms with van der Waals surface area (Å²) in [5.41, 5.74) is 2.23. The fraction of sp³-hybridized carbons (Fsp3) is 0.250. The third kappa shape index (κ3) is 3.03. The molecule has 1 atom stereocenters. The van der Waals surface area contributed by atoms with Gasteiger partial charge >= 0.3 is 5.69 Å². The monoisotopic (exact) mass is 432 g/mol. The number of hydrogen-bond donors (Lipinski definition) is 3. The molecule has 0 saturated heterocycles. The van der Waals surface area contributed by atoms with Crippen molar-refractivity contribution in [3.8, 4) is 17.3 Å². The number of H-pyrrole nitrogens is 2. The summed E-state index contributed by atoms with van der Waals surface area (Å²) in [5, 5.41) is 12.4. The van der Waals surface area contributed by atoms with E-state index in [0.29, 0.717) is 18.0 Å². The molecule has 0 fully saturated rings. The van der Waals surface area contributed by atoms with E-state index in [1.165, 1.54) is 7.11 Å². The molecule has 2 aromatic heterocycles. The van der Waals surface area contributed by atoms with Crippen LogP contribution in [0.2, 0.25) is 0 Å². The van der Waals surface area contributed by atoms with Gasteiger partial charge in [0.15, 0.2) is 0 Å². The number of likely N-dealkylation sites (N-methyl/N-ethyl adjacent to an activating group) is 1. The molecule has 3 N–H and O–H groups in total. The molecular weight excluding hydrogens is 408 g/mol. The van der Waals surface area contributed by atoms with Crippen molar-refractivity contribution >= 4 is 10.9 Å². The van der Waals surface area contributed by atoms with Gasteiger partial charge in [0.25, 0.3) is 5.56 Å². The highest BCUT2D eigenvalue weighted by molar-refractivity contribution is 5.85. The number of nitrogens with one attached hydrogen (secondary N) is 2. The predicted octanol–water partition coefficient (Wildman–Crippen LogP) is 2.69. The van der Waals surface area contributed by atoms with Crippen LogP contribution in [-0.4, -0.2) is 44.7 Å². The Kier molecular flexibility index (Phi) is 4.86. The summed E-state index contributed by atoms with van der Waals surface area (Å²) in [7, 11) is 1.53. The van der Waals surface area contributed by atoms with Crippen molar-refractivity contribution in [1.29, 1.82) is 0 Å². The van der Waals surface area contributed by atoms with Gasteiger partial charge in [0.05, 0.1) is 18.8 Å². The quantitative estimate of drug-likeness (QED) is 0.460. The van der Waals surface area contributed by atoms with E-state index in [2.05, 4.69) is 20.9 Å². The Morgan fingerprint density at radius 1 is 1.12 bits per heavy atom. The smallest absolute Gasteiger partial charge is 0.335 e. The minimum atomic E-state index is -0.708. The number of para-hydroxylation sites is 1. The SMILES string of the molecule is CCN1CCc2c([nH]c3ccccc23)[C@H]1c1c(O)n(-c2cccc(OC)c2)c(=O)[nH]c1=O. The molecule has 164 valence electrons. The topological polar surface area (TPSA) is 103 Å². The molecule has 8 heteroatoms. The van der Waals surface area contributed by atoms with Gasteiger partial charge in [-0.1, -0.05) is 31.2 Å². The minimum absolute atomic E-state index is 0.141. The summed E-state index contributed by atoms with van der Waals surface area (Å²) < 4.78 is 6.37. The molecule has 0 unspecified atom stereocenters. The summed E-state index contributed by atoms with van der Waals surface area (Å²) in [4.78, 5) is 33.8. The fourth-order valence-electron chi connectivity index (χ4n) is 4.73. The lowest BCUT2D eigenvalue weighted by Crippen LogP contribution is -2.41. The predicted molar refractivity (Wildman–Crippen MR) is 122 cm³/mol. The Hall–Kier alpha value is -3.78. The van der Waals surface area contributed by atoms with Crippen LogP contribution in [0.5, 0.6) is 11.6 Å². The third-order valence-corrected chi connectivity index (χ3v) is 6.25. The Morgan fingerprint density at radius 2 is 1.94 bits per heavy atom. The van der Waals surface area contributed by atoms with Gasteiger partial charge in [0.2, 0.25) is 5.88 Å². The highest BCUT2D eigenvalue weighted by Crippen LogP contribution is 2.39. The number of rotatable bonds is 4. The van der Waals surface area contributed by atoms with Crippen molar-refractivity contribution in [3.63, 3.8) is 0 Å². The highest BCUT2D eigenvalue weighted by Gasteiger charge is 2.35. The van der Waals surface area contributed by atoms with Crippen LogP contribution in [0.1, 0.15) is 29.8 Å². The minimum Gasteiger partial charge on any atom is -0.497 e. The zero-order valence-electron chi connectivity index (χ0n) is 17.9. The Bertz CT molecular complexity index is 1430. The maximum Gasteiger partial charge on any atom is 0.335 e. The number of aromatic hydroxyl groups is 1. The van der Waals surface area contributed by atoms with Crippen molar-refractivity contribution in [2.45, 2.75) is 19.4 Å². The van der Waals surface area contributed by atoms with Crippen molar-refractivity contribution < 1.29 is 9.84 Å². The van der Waals surface area contributed by atoms with Gasteiger partial charge in [0.1, 0.15) is 11.3 Å². The zero-order valence-corrected chi connectivity index (χ0v) is 17.9. The fourth-order valence-corrected chi connectivity index (χ4v) is 4.73. The van der Waals surface area contributed by atoms with Crippen LogP contribution in [0, 0.1) is 0 Å². The van der Waals surface area contributed by atoms with Crippen molar-refractivity contribution in [1.82, 2.24) is 19.4 Å². The number of aromatic amines is 2. The highest BCUT2D eigenvalue weighted by atomic mass is 16.5. The van der Waals surface area contributed by atoms with Gasteiger partial charge < -0.3 is 14.8 Å². The van der Waals surface area contributed by atoms with Crippen LogP contribution >= 0.6 is 0 Å². The molecule has 2 aromatic carbocycles. The average Bonchev–Trinajstić information content (AvgIpc) is 3.18. The van der Waals surface area contributed by atoms with Crippen molar-refractivity contribution in [3.05, 3.63) is 86.2 Å². The van der Waals surface area contributed by atoms with Crippen LogP contribution in [0.15, 0.2) is 58.1 Å². The first-order chi connectivity index (χ1) is 15.5. The number of benzene rings is 2. The van der Waals surface area contributed by atoms with Gasteiger partial charge in [-0.2, -0.15) is 0 Å². The number of methoxy groups -OCH3 is 1. The molecule has 4 aromatic rings. The Labute approximate surface area is 183 Å². The molecule has 32 heavy (non-hydrogen) atoms. The van der Waals surface area contributed by atoms with Crippen LogP contribution in [0.4, 0.5) is 0 Å². The maximum atomic E-state index is 13.1. The standard InChI is InChI=1S/C24H24N4O4/c1-3-27-12-11-17-16-9-4-5-10-18(16)25-20(17)21(27)19-22(29)26-24(31)28(23(19)30)14-7-6-8-15(13-14)32-2/h4-10,13,21,25,30H,3,11-12H2,1-2H3,(H,26,29,31)/t21-/m1/s1. The van der Waals surface area contributed by atoms with Crippen LogP contribution in [0.3, 0.4) is 0 Å². The van der Waals surface area contributed by atoms with Crippen LogP contribution in [-0.2, 0) is 6.42 Å². The van der Waals surface area contributed by atoms with Crippen molar-refractivity contribution in [2.24, 2.45) is 0 Å². The molecule has 1 aliphatic heterocycles. The lowest BCUT2D eigenvalue weighted by Gasteiger charge is -2.35. The van der Waals surface area contributed by atoms with E-state index < -0.39 is 17.3 Å². The first kappa shape index (κ1) is 20.1. The van der Waals surface area contributed by atoms with Crippen molar-refractivity contribution in [2.75, 3.05) is 20.2 Å². The second-order valence-corrected chi connectivity index (χ2v) is 7.88. The molecule has 5 rings (SSSR count). The zero-order chi connectivity index (χ0) is 22.4. The number of hydrogen-bond acceptors (Lipinski definition) is 5. The third-order valence-electron chi connectivity index (χ3n) is 6.25. The maximum absolute atomic E-state index is 13.1. The van der Waals surface area contributed by atoms with E-state index in [-0.39, 0.29) is 11.4 Å². The Balaban J connectivity index is 1.78. The van der Waals surface area contributed by atoms with Gasteiger partial charge in [0, 0.05) is 29.2 Å². The summed E-state index contributed by atoms with van der Waals surface area (Å²) in [5.74, 6) is 0.161. The second-order valence-electron chi connectivity index (χ2n) is 7.88. The molecule has 1 aliphatic rings. The largest absolute Gasteiger partial charge is 0.497 e. The molecule has 3 heterocycles. The number of nitrogens with zero attached hydrogens (tertiary/aromatic N) is 2. The second kappa shape index (κ2) is 7.72. The lowest BCUT2D eigenvalue weighted by atomic mass is 9.93. The number of fused-ring (bicyclic) bond motifs is 3. The molecule has 0 aliphatic carbocycles. The van der Waals surface area contributed by atoms with E-state index >= 15 is 0 Å². The van der Waals surface area contributed by atoms with Gasteiger partial charge in [-0.25, -0.2) is 9.36 Å².